The van der Waals surface area contributed by atoms with Gasteiger partial charge in [0.25, 0.3) is 0 Å². The van der Waals surface area contributed by atoms with E-state index in [9.17, 15) is 33.6 Å². The first kappa shape index (κ1) is 76.5. The van der Waals surface area contributed by atoms with E-state index in [1.807, 2.05) is 231 Å². The molecular weight excluding hydrogens is 1440 g/mol. The van der Waals surface area contributed by atoms with Crippen molar-refractivity contribution in [2.45, 2.75) is 19.1 Å². The molecule has 20 rings (SSSR count). The van der Waals surface area contributed by atoms with E-state index in [1.165, 1.54) is 6.08 Å². The van der Waals surface area contributed by atoms with Crippen LogP contribution >= 0.6 is 0 Å². The minimum absolute atomic E-state index is 0.00152. The van der Waals surface area contributed by atoms with Crippen LogP contribution in [0.1, 0.15) is 102 Å². The van der Waals surface area contributed by atoms with E-state index in [1.54, 1.807) is 37.3 Å². The van der Waals surface area contributed by atoms with Gasteiger partial charge in [-0.2, -0.15) is 0 Å². The van der Waals surface area contributed by atoms with E-state index < -0.39 is 5.97 Å². The van der Waals surface area contributed by atoms with E-state index in [-0.39, 0.29) is 60.1 Å². The minimum atomic E-state index is -0.485. The van der Waals surface area contributed by atoms with Crippen molar-refractivity contribution in [3.8, 4) is 12.3 Å². The van der Waals surface area contributed by atoms with Crippen LogP contribution in [0.25, 0.3) is 100 Å². The highest BCUT2D eigenvalue weighted by molar-refractivity contribution is 6.27. The van der Waals surface area contributed by atoms with Crippen LogP contribution in [0.5, 0.6) is 0 Å². The molecule has 2 unspecified atom stereocenters. The summed E-state index contributed by atoms with van der Waals surface area (Å²) in [6.45, 7) is 16.6. The fourth-order valence-corrected chi connectivity index (χ4v) is 14.7. The van der Waals surface area contributed by atoms with Crippen LogP contribution in [-0.2, 0) is 42.7 Å². The second-order valence-corrected chi connectivity index (χ2v) is 28.0. The predicted octanol–water partition coefficient (Wildman–Crippen LogP) is 19.4. The van der Waals surface area contributed by atoms with E-state index in [2.05, 4.69) is 25.7 Å². The Morgan fingerprint density at radius 2 is 0.704 bits per heavy atom. The third kappa shape index (κ3) is 16.6. The summed E-state index contributed by atoms with van der Waals surface area (Å²) in [5.74, 6) is 3.79. The topological polar surface area (TPSA) is 200 Å². The Morgan fingerprint density at radius 1 is 0.391 bits per heavy atom. The molecule has 115 heavy (non-hydrogen) atoms. The molecule has 2 fully saturated rings. The Bertz CT molecular complexity index is 6280. The normalized spacial score (nSPS) is 15.6. The minimum Gasteiger partial charge on any atom is -0.490 e. The Labute approximate surface area is 663 Å². The third-order valence-corrected chi connectivity index (χ3v) is 20.2. The van der Waals surface area contributed by atoms with Crippen LogP contribution < -0.4 is 0 Å². The summed E-state index contributed by atoms with van der Waals surface area (Å²) in [6, 6.07) is 70.5. The van der Waals surface area contributed by atoms with Crippen molar-refractivity contribution in [1.82, 2.24) is 0 Å². The molecule has 0 spiro atoms. The lowest BCUT2D eigenvalue weighted by atomic mass is 9.88. The van der Waals surface area contributed by atoms with Crippen LogP contribution in [0.4, 0.5) is 0 Å². The number of carbonyl (C=O) groups is 7. The number of ketones is 6. The molecule has 0 radical (unpaired) electrons. The first-order valence-corrected chi connectivity index (χ1v) is 37.6. The van der Waals surface area contributed by atoms with Crippen molar-refractivity contribution in [2.75, 3.05) is 66.1 Å². The van der Waals surface area contributed by atoms with Crippen molar-refractivity contribution >= 4 is 141 Å². The molecule has 0 amide bonds. The number of allylic oxidation sites excluding steroid dienone is 3. The van der Waals surface area contributed by atoms with Crippen molar-refractivity contribution in [3.05, 3.63) is 358 Å². The van der Waals surface area contributed by atoms with Gasteiger partial charge in [-0.3, -0.25) is 28.8 Å². The molecule has 0 saturated carbocycles. The molecule has 12 aromatic carbocycles. The number of terminal acetylenes is 1. The Kier molecular flexibility index (Phi) is 22.9. The average Bonchev–Trinajstić information content (AvgIpc) is 1.79. The molecule has 12 aromatic rings. The molecule has 6 aliphatic carbocycles. The monoisotopic (exact) mass is 1520 g/mol. The standard InChI is InChI=1S/C18H14O3.C17H14O3.C17H14O2.C16H12O3.C16H12O2.C16H10O2/c1-11(2)18(20)21-10-14-9-13-7-3-5-12-6-4-8-15(16(12)13)17(14)19;18-17-13(8-19-9-14-10-20-14)7-12-5-1-3-11-4-2-6-15(17)16(11)12;1-2-9-19-11-14-10-13-7-3-5-12-6-4-8-15(16(12)13)17(14)18;17-14-7-15(19-9-11-8-18-11)13-6-2-4-10-3-1-5-12(14)16(10)13;2*1-2-9-18-15-10-14(17)12-7-3-5-11-6-4-8-13(15)16(11)12/h3-9H,1,10H2,2H3;1-7,14H,8-10H2;2-8,10H,1,9,11H2;1-7,11H,8-9H2;2-8,10H,1,9H2;1,3-8,10H,9H2. The smallest absolute Gasteiger partial charge is 0.333 e. The van der Waals surface area contributed by atoms with Crippen LogP contribution in [0, 0.1) is 12.3 Å². The quantitative estimate of drug-likeness (QED) is 0.0185. The highest BCUT2D eigenvalue weighted by atomic mass is 16.6. The summed E-state index contributed by atoms with van der Waals surface area (Å²) in [6.07, 6.45) is 19.3. The number of benzene rings is 12. The van der Waals surface area contributed by atoms with Crippen molar-refractivity contribution in [3.63, 3.8) is 0 Å². The maximum Gasteiger partial charge on any atom is 0.333 e. The van der Waals surface area contributed by atoms with Gasteiger partial charge >= 0.3 is 5.97 Å². The van der Waals surface area contributed by atoms with Crippen LogP contribution in [0.15, 0.2) is 291 Å². The first-order valence-electron chi connectivity index (χ1n) is 37.6. The predicted molar refractivity (Wildman–Crippen MR) is 452 cm³/mol. The molecule has 2 aliphatic heterocycles. The molecule has 15 heteroatoms. The van der Waals surface area contributed by atoms with Gasteiger partial charge in [-0.25, -0.2) is 4.79 Å². The van der Waals surface area contributed by atoms with E-state index in [4.69, 9.17) is 44.3 Å². The zero-order chi connectivity index (χ0) is 79.6. The number of esters is 1. The van der Waals surface area contributed by atoms with Gasteiger partial charge < -0.3 is 37.9 Å². The van der Waals surface area contributed by atoms with E-state index >= 15 is 0 Å². The molecule has 8 aliphatic rings. The number of ether oxygens (including phenoxy) is 8. The van der Waals surface area contributed by atoms with Crippen LogP contribution in [0.3, 0.4) is 0 Å². The van der Waals surface area contributed by atoms with Gasteiger partial charge in [0, 0.05) is 123 Å². The van der Waals surface area contributed by atoms with Crippen LogP contribution in [-0.4, -0.2) is 119 Å². The van der Waals surface area contributed by atoms with Gasteiger partial charge in [0.1, 0.15) is 55.9 Å². The third-order valence-electron chi connectivity index (χ3n) is 20.2. The number of carbonyl (C=O) groups excluding carboxylic acids is 7. The Balaban J connectivity index is 0.000000109. The summed E-state index contributed by atoms with van der Waals surface area (Å²) in [5, 5.41) is 12.4. The van der Waals surface area contributed by atoms with Gasteiger partial charge in [0.2, 0.25) is 0 Å². The van der Waals surface area contributed by atoms with Crippen molar-refractivity contribution in [1.29, 1.82) is 0 Å². The molecule has 2 atom stereocenters. The highest BCUT2D eigenvalue weighted by Crippen LogP contribution is 2.39. The van der Waals surface area contributed by atoms with Crippen molar-refractivity contribution in [2.24, 2.45) is 0 Å². The Hall–Kier alpha value is -13.9. The number of hydrogen-bond donors (Lipinski definition) is 0. The first-order chi connectivity index (χ1) is 56.2. The molecule has 15 nitrogen and oxygen atoms in total. The van der Waals surface area contributed by atoms with E-state index in [0.717, 1.165) is 145 Å². The maximum atomic E-state index is 12.5. The lowest BCUT2D eigenvalue weighted by molar-refractivity contribution is -0.137. The SMILES string of the molecule is C#CCOC1=CC(=O)c2cccc3cccc1c23.C=C(C)C(=O)OCC1=Cc2cccc3cccc(c23)C1=O.C=CCOC1=CC(=O)c2cccc3cccc1c23.C=CCOCC1=Cc2cccc3cccc(c23)C1=O.O=C1C(COCC2CO2)=Cc2cccc3cccc1c23.O=C1C=C(OCC2CO2)c2cccc3cccc1c23. The summed E-state index contributed by atoms with van der Waals surface area (Å²) < 4.78 is 43.1. The highest BCUT2D eigenvalue weighted by Gasteiger charge is 2.30. The van der Waals surface area contributed by atoms with Crippen molar-refractivity contribution < 1.29 is 71.5 Å². The zero-order valence-electron chi connectivity index (χ0n) is 63.0. The van der Waals surface area contributed by atoms with Gasteiger partial charge in [-0.05, 0) is 74.2 Å². The molecule has 0 bridgehead atoms. The zero-order valence-corrected chi connectivity index (χ0v) is 63.0. The summed E-state index contributed by atoms with van der Waals surface area (Å²) >= 11 is 0. The molecular formula is C100H76O15. The largest absolute Gasteiger partial charge is 0.490 e. The number of Topliss-reactive ketones (excluding diaryl/α,β-unsaturated/α-hetero) is 3. The Morgan fingerprint density at radius 3 is 1.06 bits per heavy atom. The van der Waals surface area contributed by atoms with Gasteiger partial charge in [0.15, 0.2) is 34.7 Å². The lowest BCUT2D eigenvalue weighted by Gasteiger charge is -2.18. The maximum absolute atomic E-state index is 12.5. The second kappa shape index (κ2) is 34.4. The summed E-state index contributed by atoms with van der Waals surface area (Å²) in [4.78, 5) is 85.2. The average molecular weight is 1520 g/mol. The molecule has 0 aromatic heterocycles. The molecule has 2 heterocycles. The summed E-state index contributed by atoms with van der Waals surface area (Å²) in [5.41, 5.74) is 12.7. The number of hydrogen-bond acceptors (Lipinski definition) is 15. The number of epoxide rings is 2. The molecule has 0 N–H and O–H groups in total. The molecule has 566 valence electrons. The molecule has 2 saturated heterocycles. The lowest BCUT2D eigenvalue weighted by Crippen LogP contribution is -2.16. The van der Waals surface area contributed by atoms with Crippen LogP contribution in [0.2, 0.25) is 0 Å². The number of rotatable bonds is 19. The second-order valence-electron chi connectivity index (χ2n) is 28.0. The fourth-order valence-electron chi connectivity index (χ4n) is 14.7. The summed E-state index contributed by atoms with van der Waals surface area (Å²) in [7, 11) is 0. The fraction of sp³-hybridized carbons (Fsp3) is 0.130. The van der Waals surface area contributed by atoms with Gasteiger partial charge in [-0.15, -0.1) is 13.0 Å². The van der Waals surface area contributed by atoms with E-state index in [0.29, 0.717) is 79.2 Å². The van der Waals surface area contributed by atoms with Gasteiger partial charge in [-0.1, -0.05) is 250 Å². The van der Waals surface area contributed by atoms with Gasteiger partial charge in [0.05, 0.1) is 39.6 Å².